The molecular weight excluding hydrogens is 256 g/mol. The van der Waals surface area contributed by atoms with E-state index in [1.165, 1.54) is 0 Å². The van der Waals surface area contributed by atoms with Crippen molar-refractivity contribution in [3.05, 3.63) is 17.7 Å². The Morgan fingerprint density at radius 2 is 2.40 bits per heavy atom. The van der Waals surface area contributed by atoms with Gasteiger partial charge in [0.1, 0.15) is 0 Å². The number of methoxy groups -OCH3 is 1. The van der Waals surface area contributed by atoms with Gasteiger partial charge in [-0.1, -0.05) is 13.8 Å². The van der Waals surface area contributed by atoms with Crippen LogP contribution in [0.4, 0.5) is 0 Å². The molecule has 1 atom stereocenters. The molecule has 1 aliphatic heterocycles. The van der Waals surface area contributed by atoms with Crippen LogP contribution in [0.5, 0.6) is 0 Å². The minimum Gasteiger partial charge on any atom is -0.383 e. The number of aromatic amines is 1. The summed E-state index contributed by atoms with van der Waals surface area (Å²) in [5.41, 5.74) is 2.08. The highest BCUT2D eigenvalue weighted by Gasteiger charge is 2.29. The van der Waals surface area contributed by atoms with Crippen LogP contribution in [0.1, 0.15) is 25.2 Å². The van der Waals surface area contributed by atoms with Crippen LogP contribution in [-0.4, -0.2) is 53.6 Å². The van der Waals surface area contributed by atoms with E-state index < -0.39 is 0 Å². The number of amides is 1. The Morgan fingerprint density at radius 3 is 3.10 bits per heavy atom. The van der Waals surface area contributed by atoms with Crippen LogP contribution in [0.3, 0.4) is 0 Å². The summed E-state index contributed by atoms with van der Waals surface area (Å²) in [5, 5.41) is 3.29. The van der Waals surface area contributed by atoms with Crippen LogP contribution in [0.15, 0.2) is 6.33 Å². The molecule has 1 aliphatic rings. The van der Waals surface area contributed by atoms with Crippen LogP contribution in [0, 0.1) is 5.92 Å². The number of nitrogens with one attached hydrogen (secondary N) is 2. The fourth-order valence-electron chi connectivity index (χ4n) is 2.50. The molecule has 0 aromatic carbocycles. The first-order chi connectivity index (χ1) is 9.61. The van der Waals surface area contributed by atoms with E-state index >= 15 is 0 Å². The maximum atomic E-state index is 12.6. The molecule has 1 amide bonds. The summed E-state index contributed by atoms with van der Waals surface area (Å²) in [7, 11) is 1.66. The average Bonchev–Trinajstić information content (AvgIpc) is 2.89. The highest BCUT2D eigenvalue weighted by Crippen LogP contribution is 2.14. The van der Waals surface area contributed by atoms with Crippen molar-refractivity contribution in [2.24, 2.45) is 5.92 Å². The monoisotopic (exact) mass is 280 g/mol. The Hall–Kier alpha value is -1.40. The van der Waals surface area contributed by atoms with Gasteiger partial charge in [-0.25, -0.2) is 4.98 Å². The first-order valence-electron chi connectivity index (χ1n) is 7.14. The minimum atomic E-state index is -0.179. The molecule has 2 rings (SSSR count). The Bertz CT molecular complexity index is 444. The van der Waals surface area contributed by atoms with Crippen LogP contribution in [0.2, 0.25) is 0 Å². The van der Waals surface area contributed by atoms with Crippen molar-refractivity contribution < 1.29 is 9.53 Å². The van der Waals surface area contributed by atoms with Gasteiger partial charge < -0.3 is 14.6 Å². The third-order valence-corrected chi connectivity index (χ3v) is 3.49. The summed E-state index contributed by atoms with van der Waals surface area (Å²) in [4.78, 5) is 21.9. The van der Waals surface area contributed by atoms with Gasteiger partial charge >= 0.3 is 0 Å². The van der Waals surface area contributed by atoms with Gasteiger partial charge in [-0.05, 0) is 5.92 Å². The van der Waals surface area contributed by atoms with Gasteiger partial charge in [-0.2, -0.15) is 0 Å². The number of aromatic nitrogens is 2. The number of carbonyl (C=O) groups is 1. The van der Waals surface area contributed by atoms with Gasteiger partial charge in [0.15, 0.2) is 0 Å². The first kappa shape index (κ1) is 15.0. The Morgan fingerprint density at radius 1 is 1.60 bits per heavy atom. The van der Waals surface area contributed by atoms with Gasteiger partial charge in [0, 0.05) is 33.2 Å². The van der Waals surface area contributed by atoms with Crippen LogP contribution < -0.4 is 5.32 Å². The summed E-state index contributed by atoms with van der Waals surface area (Å²) in [6.45, 7) is 6.87. The molecule has 0 radical (unpaired) electrons. The van der Waals surface area contributed by atoms with E-state index in [0.717, 1.165) is 17.9 Å². The fourth-order valence-corrected chi connectivity index (χ4v) is 2.50. The molecule has 112 valence electrons. The summed E-state index contributed by atoms with van der Waals surface area (Å²) in [6, 6.07) is -0.179. The van der Waals surface area contributed by atoms with Crippen molar-refractivity contribution in [1.29, 1.82) is 0 Å². The number of hydrogen-bond donors (Lipinski definition) is 2. The predicted octanol–water partition coefficient (Wildman–Crippen LogP) is 0.555. The minimum absolute atomic E-state index is 0.143. The number of nitrogens with zero attached hydrogens (tertiary/aromatic N) is 2. The molecule has 6 nitrogen and oxygen atoms in total. The number of H-pyrrole nitrogens is 1. The van der Waals surface area contributed by atoms with E-state index in [2.05, 4.69) is 29.1 Å². The number of fused-ring (bicyclic) bond motifs is 1. The lowest BCUT2D eigenvalue weighted by Gasteiger charge is -2.30. The van der Waals surface area contributed by atoms with E-state index in [1.807, 2.05) is 4.90 Å². The molecule has 0 saturated carbocycles. The number of imidazole rings is 1. The van der Waals surface area contributed by atoms with Crippen molar-refractivity contribution >= 4 is 5.91 Å². The average molecular weight is 280 g/mol. The Kier molecular flexibility index (Phi) is 5.14. The number of hydrogen-bond acceptors (Lipinski definition) is 4. The summed E-state index contributed by atoms with van der Waals surface area (Å²) in [6.07, 6.45) is 2.34. The van der Waals surface area contributed by atoms with Gasteiger partial charge in [0.2, 0.25) is 5.91 Å². The lowest BCUT2D eigenvalue weighted by Crippen LogP contribution is -2.51. The molecule has 0 spiro atoms. The number of rotatable bonds is 6. The molecule has 2 N–H and O–H groups in total. The lowest BCUT2D eigenvalue weighted by molar-refractivity contribution is -0.134. The van der Waals surface area contributed by atoms with E-state index in [4.69, 9.17) is 4.74 Å². The van der Waals surface area contributed by atoms with Crippen molar-refractivity contribution in [2.75, 3.05) is 26.8 Å². The third kappa shape index (κ3) is 3.58. The van der Waals surface area contributed by atoms with E-state index in [0.29, 0.717) is 32.0 Å². The zero-order valence-corrected chi connectivity index (χ0v) is 12.5. The maximum absolute atomic E-state index is 12.6. The van der Waals surface area contributed by atoms with Crippen molar-refractivity contribution in [2.45, 2.75) is 32.9 Å². The Balaban J connectivity index is 2.00. The Labute approximate surface area is 119 Å². The van der Waals surface area contributed by atoms with Gasteiger partial charge in [0.05, 0.1) is 30.4 Å². The van der Waals surface area contributed by atoms with Crippen LogP contribution in [-0.2, 0) is 22.5 Å². The predicted molar refractivity (Wildman–Crippen MR) is 76.2 cm³/mol. The standard InChI is InChI=1S/C14H24N4O2/c1-10(2)8-18(4-5-20-3)14(19)12-6-11-13(7-15-12)17-9-16-11/h9-10,12,15H,4-8H2,1-3H3,(H,16,17). The van der Waals surface area contributed by atoms with Crippen molar-refractivity contribution in [3.63, 3.8) is 0 Å². The highest BCUT2D eigenvalue weighted by molar-refractivity contribution is 5.82. The quantitative estimate of drug-likeness (QED) is 0.798. The molecule has 20 heavy (non-hydrogen) atoms. The lowest BCUT2D eigenvalue weighted by atomic mass is 10.0. The van der Waals surface area contributed by atoms with E-state index in [9.17, 15) is 4.79 Å². The fraction of sp³-hybridized carbons (Fsp3) is 0.714. The number of ether oxygens (including phenoxy) is 1. The third-order valence-electron chi connectivity index (χ3n) is 3.49. The summed E-state index contributed by atoms with van der Waals surface area (Å²) >= 11 is 0. The molecule has 6 heteroatoms. The van der Waals surface area contributed by atoms with E-state index in [1.54, 1.807) is 13.4 Å². The highest BCUT2D eigenvalue weighted by atomic mass is 16.5. The molecule has 0 fully saturated rings. The molecule has 1 aromatic rings. The molecule has 1 unspecified atom stereocenters. The topological polar surface area (TPSA) is 70.2 Å². The first-order valence-corrected chi connectivity index (χ1v) is 7.14. The molecule has 1 aromatic heterocycles. The summed E-state index contributed by atoms with van der Waals surface area (Å²) in [5.74, 6) is 0.588. The van der Waals surface area contributed by atoms with Crippen LogP contribution >= 0.6 is 0 Å². The second kappa shape index (κ2) is 6.85. The maximum Gasteiger partial charge on any atom is 0.240 e. The zero-order valence-electron chi connectivity index (χ0n) is 12.5. The second-order valence-electron chi connectivity index (χ2n) is 5.64. The smallest absolute Gasteiger partial charge is 0.240 e. The molecular formula is C14H24N4O2. The van der Waals surface area contributed by atoms with Crippen molar-refractivity contribution in [3.8, 4) is 0 Å². The molecule has 0 saturated heterocycles. The van der Waals surface area contributed by atoms with Gasteiger partial charge in [0.25, 0.3) is 0 Å². The molecule has 0 bridgehead atoms. The SMILES string of the molecule is COCCN(CC(C)C)C(=O)C1Cc2nc[nH]c2CN1. The van der Waals surface area contributed by atoms with Crippen molar-refractivity contribution in [1.82, 2.24) is 20.2 Å². The molecule has 2 heterocycles. The van der Waals surface area contributed by atoms with Crippen LogP contribution in [0.25, 0.3) is 0 Å². The zero-order chi connectivity index (χ0) is 14.5. The normalized spacial score (nSPS) is 18.1. The van der Waals surface area contributed by atoms with E-state index in [-0.39, 0.29) is 11.9 Å². The largest absolute Gasteiger partial charge is 0.383 e. The molecule has 0 aliphatic carbocycles. The van der Waals surface area contributed by atoms with Gasteiger partial charge in [-0.15, -0.1) is 0 Å². The number of carbonyl (C=O) groups excluding carboxylic acids is 1. The second-order valence-corrected chi connectivity index (χ2v) is 5.64. The summed E-state index contributed by atoms with van der Waals surface area (Å²) < 4.78 is 5.10. The van der Waals surface area contributed by atoms with Gasteiger partial charge in [-0.3, -0.25) is 10.1 Å².